The second-order valence-corrected chi connectivity index (χ2v) is 6.06. The molecule has 0 spiro atoms. The quantitative estimate of drug-likeness (QED) is 0.791. The summed E-state index contributed by atoms with van der Waals surface area (Å²) in [6.45, 7) is 11.3. The van der Waals surface area contributed by atoms with Gasteiger partial charge in [-0.3, -0.25) is 0 Å². The molecule has 4 nitrogen and oxygen atoms in total. The van der Waals surface area contributed by atoms with E-state index in [1.54, 1.807) is 6.08 Å². The Morgan fingerprint density at radius 2 is 1.95 bits per heavy atom. The summed E-state index contributed by atoms with van der Waals surface area (Å²) in [4.78, 5) is 13.5. The summed E-state index contributed by atoms with van der Waals surface area (Å²) >= 11 is 0. The first-order valence-electron chi connectivity index (χ1n) is 7.22. The van der Waals surface area contributed by atoms with Crippen molar-refractivity contribution in [2.75, 3.05) is 19.7 Å². The number of amides is 2. The molecule has 0 fully saturated rings. The Balaban J connectivity index is 2.58. The van der Waals surface area contributed by atoms with Crippen molar-refractivity contribution < 1.29 is 9.90 Å². The van der Waals surface area contributed by atoms with Crippen LogP contribution in [-0.4, -0.2) is 35.7 Å². The van der Waals surface area contributed by atoms with Gasteiger partial charge in [0.1, 0.15) is 0 Å². The van der Waals surface area contributed by atoms with Crippen LogP contribution in [0.4, 0.5) is 4.79 Å². The first kappa shape index (κ1) is 17.2. The monoisotopic (exact) mass is 290 g/mol. The van der Waals surface area contributed by atoms with Crippen LogP contribution in [0, 0.1) is 0 Å². The van der Waals surface area contributed by atoms with Gasteiger partial charge in [0.25, 0.3) is 0 Å². The largest absolute Gasteiger partial charge is 0.395 e. The fourth-order valence-corrected chi connectivity index (χ4v) is 1.96. The Hall–Kier alpha value is -1.81. The predicted octanol–water partition coefficient (Wildman–Crippen LogP) is 2.67. The van der Waals surface area contributed by atoms with Crippen LogP contribution < -0.4 is 5.32 Å². The van der Waals surface area contributed by atoms with Gasteiger partial charge in [0.05, 0.1) is 6.61 Å². The molecular weight excluding hydrogens is 264 g/mol. The molecule has 0 atom stereocenters. The zero-order valence-corrected chi connectivity index (χ0v) is 13.2. The van der Waals surface area contributed by atoms with Gasteiger partial charge >= 0.3 is 6.03 Å². The molecule has 4 heteroatoms. The molecule has 0 saturated heterocycles. The molecule has 0 aromatic heterocycles. The van der Waals surface area contributed by atoms with Crippen molar-refractivity contribution in [2.24, 2.45) is 0 Å². The summed E-state index contributed by atoms with van der Waals surface area (Å²) in [5.41, 5.74) is 2.45. The van der Waals surface area contributed by atoms with E-state index in [0.29, 0.717) is 19.6 Å². The number of nitrogens with one attached hydrogen (secondary N) is 1. The van der Waals surface area contributed by atoms with Crippen LogP contribution >= 0.6 is 0 Å². The highest BCUT2D eigenvalue weighted by molar-refractivity contribution is 5.74. The Labute approximate surface area is 127 Å². The predicted molar refractivity (Wildman–Crippen MR) is 86.2 cm³/mol. The van der Waals surface area contributed by atoms with E-state index < -0.39 is 0 Å². The van der Waals surface area contributed by atoms with Gasteiger partial charge in [0.15, 0.2) is 0 Å². The molecule has 0 bridgehead atoms. The van der Waals surface area contributed by atoms with Gasteiger partial charge in [-0.2, -0.15) is 0 Å². The highest BCUT2D eigenvalue weighted by atomic mass is 16.3. The molecular formula is C17H26N2O2. The minimum absolute atomic E-state index is 0.0540. The average Bonchev–Trinajstić information content (AvgIpc) is 2.44. The molecule has 21 heavy (non-hydrogen) atoms. The van der Waals surface area contributed by atoms with Gasteiger partial charge in [0, 0.05) is 19.6 Å². The molecule has 2 amide bonds. The van der Waals surface area contributed by atoms with E-state index in [0.717, 1.165) is 5.56 Å². The van der Waals surface area contributed by atoms with E-state index in [1.165, 1.54) is 10.5 Å². The summed E-state index contributed by atoms with van der Waals surface area (Å²) in [6, 6.07) is 8.06. The van der Waals surface area contributed by atoms with E-state index in [-0.39, 0.29) is 18.1 Å². The Kier molecular flexibility index (Phi) is 6.43. The number of aliphatic hydroxyl groups excluding tert-OH is 1. The third-order valence-electron chi connectivity index (χ3n) is 3.27. The van der Waals surface area contributed by atoms with Crippen LogP contribution in [0.25, 0.3) is 0 Å². The van der Waals surface area contributed by atoms with Crippen molar-refractivity contribution in [3.8, 4) is 0 Å². The third-order valence-corrected chi connectivity index (χ3v) is 3.27. The van der Waals surface area contributed by atoms with Gasteiger partial charge in [-0.05, 0) is 16.5 Å². The van der Waals surface area contributed by atoms with Gasteiger partial charge < -0.3 is 15.3 Å². The van der Waals surface area contributed by atoms with E-state index in [2.05, 4.69) is 44.8 Å². The molecule has 0 radical (unpaired) electrons. The molecule has 0 unspecified atom stereocenters. The number of benzene rings is 1. The number of carbonyl (C=O) groups is 1. The number of nitrogens with zero attached hydrogens (tertiary/aromatic N) is 1. The van der Waals surface area contributed by atoms with Crippen molar-refractivity contribution in [3.05, 3.63) is 48.0 Å². The Bertz CT molecular complexity index is 461. The number of aliphatic hydroxyl groups is 1. The first-order chi connectivity index (χ1) is 9.88. The molecule has 1 aromatic carbocycles. The molecule has 0 saturated carbocycles. The van der Waals surface area contributed by atoms with Gasteiger partial charge in [-0.1, -0.05) is 51.1 Å². The third kappa shape index (κ3) is 5.60. The molecule has 1 rings (SSSR count). The molecule has 2 N–H and O–H groups in total. The number of carbonyl (C=O) groups excluding carboxylic acids is 1. The maximum Gasteiger partial charge on any atom is 0.318 e. The lowest BCUT2D eigenvalue weighted by atomic mass is 9.87. The SMILES string of the molecule is C=CCN(CCO)C(=O)NCc1ccc(C(C)(C)C)cc1. The molecule has 0 aliphatic carbocycles. The highest BCUT2D eigenvalue weighted by Gasteiger charge is 2.13. The van der Waals surface area contributed by atoms with Gasteiger partial charge in [-0.25, -0.2) is 4.79 Å². The van der Waals surface area contributed by atoms with Crippen LogP contribution in [0.15, 0.2) is 36.9 Å². The van der Waals surface area contributed by atoms with Gasteiger partial charge in [-0.15, -0.1) is 6.58 Å². The fraction of sp³-hybridized carbons (Fsp3) is 0.471. The summed E-state index contributed by atoms with van der Waals surface area (Å²) < 4.78 is 0. The van der Waals surface area contributed by atoms with E-state index in [9.17, 15) is 4.79 Å². The van der Waals surface area contributed by atoms with Crippen LogP contribution in [0.5, 0.6) is 0 Å². The minimum atomic E-state index is -0.191. The topological polar surface area (TPSA) is 52.6 Å². The summed E-state index contributed by atoms with van der Waals surface area (Å²) in [6.07, 6.45) is 1.65. The normalized spacial score (nSPS) is 11.0. The van der Waals surface area contributed by atoms with Crippen LogP contribution in [0.2, 0.25) is 0 Å². The molecule has 0 aliphatic rings. The molecule has 0 aliphatic heterocycles. The van der Waals surface area contributed by atoms with E-state index in [4.69, 9.17) is 5.11 Å². The molecule has 116 valence electrons. The average molecular weight is 290 g/mol. The summed E-state index contributed by atoms with van der Waals surface area (Å²) in [5.74, 6) is 0. The zero-order valence-electron chi connectivity index (χ0n) is 13.2. The second-order valence-electron chi connectivity index (χ2n) is 6.06. The summed E-state index contributed by atoms with van der Waals surface area (Å²) in [7, 11) is 0. The Morgan fingerprint density at radius 1 is 1.33 bits per heavy atom. The number of hydrogen-bond donors (Lipinski definition) is 2. The van der Waals surface area contributed by atoms with Crippen molar-refractivity contribution in [3.63, 3.8) is 0 Å². The van der Waals surface area contributed by atoms with Gasteiger partial charge in [0.2, 0.25) is 0 Å². The van der Waals surface area contributed by atoms with E-state index >= 15 is 0 Å². The van der Waals surface area contributed by atoms with Crippen molar-refractivity contribution in [2.45, 2.75) is 32.7 Å². The summed E-state index contributed by atoms with van der Waals surface area (Å²) in [5, 5.41) is 11.8. The lowest BCUT2D eigenvalue weighted by molar-refractivity contribution is 0.183. The first-order valence-corrected chi connectivity index (χ1v) is 7.22. The Morgan fingerprint density at radius 3 is 2.43 bits per heavy atom. The second kappa shape index (κ2) is 7.84. The van der Waals surface area contributed by atoms with Crippen LogP contribution in [0.3, 0.4) is 0 Å². The van der Waals surface area contributed by atoms with Crippen LogP contribution in [-0.2, 0) is 12.0 Å². The standard InChI is InChI=1S/C17H26N2O2/c1-5-10-19(11-12-20)16(21)18-13-14-6-8-15(9-7-14)17(2,3)4/h5-9,20H,1,10-13H2,2-4H3,(H,18,21). The molecule has 0 heterocycles. The van der Waals surface area contributed by atoms with Crippen LogP contribution in [0.1, 0.15) is 31.9 Å². The number of urea groups is 1. The minimum Gasteiger partial charge on any atom is -0.395 e. The van der Waals surface area contributed by atoms with E-state index in [1.807, 2.05) is 12.1 Å². The fourth-order valence-electron chi connectivity index (χ4n) is 1.96. The van der Waals surface area contributed by atoms with Crippen molar-refractivity contribution >= 4 is 6.03 Å². The molecule has 1 aromatic rings. The highest BCUT2D eigenvalue weighted by Crippen LogP contribution is 2.22. The maximum atomic E-state index is 12.0. The van der Waals surface area contributed by atoms with Crippen molar-refractivity contribution in [1.29, 1.82) is 0 Å². The lowest BCUT2D eigenvalue weighted by Gasteiger charge is -2.21. The zero-order chi connectivity index (χ0) is 15.9. The number of rotatable bonds is 6. The maximum absolute atomic E-state index is 12.0. The van der Waals surface area contributed by atoms with Crippen molar-refractivity contribution in [1.82, 2.24) is 10.2 Å². The lowest BCUT2D eigenvalue weighted by Crippen LogP contribution is -2.41. The number of hydrogen-bond acceptors (Lipinski definition) is 2. The smallest absolute Gasteiger partial charge is 0.318 e.